The second-order valence-electron chi connectivity index (χ2n) is 5.29. The van der Waals surface area contributed by atoms with E-state index in [0.29, 0.717) is 17.0 Å². The maximum atomic E-state index is 12.8. The first-order valence-electron chi connectivity index (χ1n) is 7.32. The van der Waals surface area contributed by atoms with E-state index in [0.717, 1.165) is 5.69 Å². The van der Waals surface area contributed by atoms with E-state index in [-0.39, 0.29) is 18.4 Å². The molecule has 1 aromatic heterocycles. The molecule has 23 heavy (non-hydrogen) atoms. The van der Waals surface area contributed by atoms with Gasteiger partial charge in [-0.3, -0.25) is 14.6 Å². The molecule has 0 aliphatic carbocycles. The van der Waals surface area contributed by atoms with E-state index in [1.165, 1.54) is 0 Å². The van der Waals surface area contributed by atoms with Gasteiger partial charge in [-0.15, -0.1) is 0 Å². The zero-order valence-electron chi connectivity index (χ0n) is 12.9. The lowest BCUT2D eigenvalue weighted by molar-refractivity contribution is -0.127. The number of carbonyl (C=O) groups is 2. The fourth-order valence-electron chi connectivity index (χ4n) is 2.47. The van der Waals surface area contributed by atoms with E-state index < -0.39 is 6.10 Å². The molecule has 1 N–H and O–H groups in total. The highest BCUT2D eigenvalue weighted by Gasteiger charge is 2.33. The van der Waals surface area contributed by atoms with Gasteiger partial charge in [-0.1, -0.05) is 12.1 Å². The maximum Gasteiger partial charge on any atom is 0.262 e. The lowest BCUT2D eigenvalue weighted by Gasteiger charge is -2.34. The van der Waals surface area contributed by atoms with Gasteiger partial charge in [0, 0.05) is 18.9 Å². The van der Waals surface area contributed by atoms with Gasteiger partial charge in [-0.2, -0.15) is 0 Å². The summed E-state index contributed by atoms with van der Waals surface area (Å²) in [5, 5.41) is 2.56. The van der Waals surface area contributed by atoms with Crippen LogP contribution in [0.4, 0.5) is 5.69 Å². The molecule has 0 bridgehead atoms. The molecule has 0 saturated carbocycles. The number of nitrogens with zero attached hydrogens (tertiary/aromatic N) is 2. The number of amides is 2. The number of pyridine rings is 1. The second kappa shape index (κ2) is 6.08. The average Bonchev–Trinajstić information content (AvgIpc) is 2.60. The van der Waals surface area contributed by atoms with Gasteiger partial charge >= 0.3 is 0 Å². The standard InChI is InChI=1S/C17H17N3O3/c1-11-7-8-12(9-19-11)17(22)20-10-15(16(21)18-2)23-14-6-4-3-5-13(14)20/h3-9,15H,10H2,1-2H3,(H,18,21). The van der Waals surface area contributed by atoms with Gasteiger partial charge in [0.25, 0.3) is 11.8 Å². The molecule has 0 fully saturated rings. The summed E-state index contributed by atoms with van der Waals surface area (Å²) >= 11 is 0. The summed E-state index contributed by atoms with van der Waals surface area (Å²) in [4.78, 5) is 30.5. The predicted octanol–water partition coefficient (Wildman–Crippen LogP) is 1.54. The van der Waals surface area contributed by atoms with Crippen LogP contribution in [0, 0.1) is 6.92 Å². The van der Waals surface area contributed by atoms with Crippen LogP contribution in [0.15, 0.2) is 42.6 Å². The minimum atomic E-state index is -0.739. The van der Waals surface area contributed by atoms with Gasteiger partial charge in [-0.25, -0.2) is 0 Å². The van der Waals surface area contributed by atoms with E-state index in [1.54, 1.807) is 48.5 Å². The average molecular weight is 311 g/mol. The van der Waals surface area contributed by atoms with Crippen molar-refractivity contribution in [1.82, 2.24) is 10.3 Å². The van der Waals surface area contributed by atoms with Gasteiger partial charge in [0.05, 0.1) is 17.8 Å². The number of hydrogen-bond donors (Lipinski definition) is 1. The topological polar surface area (TPSA) is 71.5 Å². The van der Waals surface area contributed by atoms with Crippen LogP contribution in [0.5, 0.6) is 5.75 Å². The number of carbonyl (C=O) groups excluding carboxylic acids is 2. The monoisotopic (exact) mass is 311 g/mol. The Morgan fingerprint density at radius 3 is 2.74 bits per heavy atom. The van der Waals surface area contributed by atoms with E-state index in [1.807, 2.05) is 13.0 Å². The molecule has 1 aromatic carbocycles. The fourth-order valence-corrected chi connectivity index (χ4v) is 2.47. The summed E-state index contributed by atoms with van der Waals surface area (Å²) < 4.78 is 5.70. The Morgan fingerprint density at radius 1 is 1.26 bits per heavy atom. The molecule has 3 rings (SSSR count). The minimum absolute atomic E-state index is 0.156. The first-order valence-corrected chi connectivity index (χ1v) is 7.32. The van der Waals surface area contributed by atoms with Crippen molar-refractivity contribution in [3.05, 3.63) is 53.9 Å². The van der Waals surface area contributed by atoms with Crippen molar-refractivity contribution in [3.8, 4) is 5.75 Å². The first-order chi connectivity index (χ1) is 11.1. The normalized spacial score (nSPS) is 16.3. The highest BCUT2D eigenvalue weighted by Crippen LogP contribution is 2.34. The number of likely N-dealkylation sites (N-methyl/N-ethyl adjacent to an activating group) is 1. The van der Waals surface area contributed by atoms with Crippen LogP contribution in [0.3, 0.4) is 0 Å². The number of nitrogens with one attached hydrogen (secondary N) is 1. The number of hydrogen-bond acceptors (Lipinski definition) is 4. The summed E-state index contributed by atoms with van der Waals surface area (Å²) in [6, 6.07) is 10.7. The number of ether oxygens (including phenoxy) is 1. The van der Waals surface area contributed by atoms with Crippen molar-refractivity contribution in [2.75, 3.05) is 18.5 Å². The Bertz CT molecular complexity index is 743. The number of para-hydroxylation sites is 2. The molecule has 118 valence electrons. The third-order valence-electron chi connectivity index (χ3n) is 3.72. The number of aryl methyl sites for hydroxylation is 1. The van der Waals surface area contributed by atoms with Gasteiger partial charge in [0.1, 0.15) is 5.75 Å². The van der Waals surface area contributed by atoms with Crippen LogP contribution in [0.1, 0.15) is 16.1 Å². The van der Waals surface area contributed by atoms with Crippen molar-refractivity contribution < 1.29 is 14.3 Å². The lowest BCUT2D eigenvalue weighted by Crippen LogP contribution is -2.50. The molecule has 1 aliphatic rings. The van der Waals surface area contributed by atoms with Crippen LogP contribution in [0.2, 0.25) is 0 Å². The summed E-state index contributed by atoms with van der Waals surface area (Å²) in [6.45, 7) is 2.02. The molecular weight excluding hydrogens is 294 g/mol. The number of aromatic nitrogens is 1. The first kappa shape index (κ1) is 15.0. The van der Waals surface area contributed by atoms with Crippen molar-refractivity contribution in [2.24, 2.45) is 0 Å². The summed E-state index contributed by atoms with van der Waals surface area (Å²) in [6.07, 6.45) is 0.808. The van der Waals surface area contributed by atoms with Crippen molar-refractivity contribution in [2.45, 2.75) is 13.0 Å². The fraction of sp³-hybridized carbons (Fsp3) is 0.235. The SMILES string of the molecule is CNC(=O)C1CN(C(=O)c2ccc(C)nc2)c2ccccc2O1. The Balaban J connectivity index is 1.97. The summed E-state index contributed by atoms with van der Waals surface area (Å²) in [7, 11) is 1.54. The van der Waals surface area contributed by atoms with E-state index in [2.05, 4.69) is 10.3 Å². The van der Waals surface area contributed by atoms with Crippen LogP contribution in [0.25, 0.3) is 0 Å². The van der Waals surface area contributed by atoms with Crippen molar-refractivity contribution >= 4 is 17.5 Å². The van der Waals surface area contributed by atoms with Crippen LogP contribution < -0.4 is 15.0 Å². The number of rotatable bonds is 2. The van der Waals surface area contributed by atoms with Gasteiger partial charge < -0.3 is 15.0 Å². The highest BCUT2D eigenvalue weighted by molar-refractivity contribution is 6.07. The smallest absolute Gasteiger partial charge is 0.262 e. The number of anilines is 1. The molecule has 1 aliphatic heterocycles. The molecule has 2 aromatic rings. The molecule has 6 nitrogen and oxygen atoms in total. The lowest BCUT2D eigenvalue weighted by atomic mass is 10.1. The van der Waals surface area contributed by atoms with Gasteiger partial charge in [-0.05, 0) is 31.2 Å². The van der Waals surface area contributed by atoms with E-state index in [9.17, 15) is 9.59 Å². The Hall–Kier alpha value is -2.89. The van der Waals surface area contributed by atoms with Gasteiger partial charge in [0.15, 0.2) is 6.10 Å². The third kappa shape index (κ3) is 2.88. The molecule has 1 atom stereocenters. The molecular formula is C17H17N3O3. The second-order valence-corrected chi connectivity index (χ2v) is 5.29. The van der Waals surface area contributed by atoms with Crippen molar-refractivity contribution in [1.29, 1.82) is 0 Å². The largest absolute Gasteiger partial charge is 0.477 e. The quantitative estimate of drug-likeness (QED) is 0.913. The highest BCUT2D eigenvalue weighted by atomic mass is 16.5. The molecule has 2 amide bonds. The zero-order chi connectivity index (χ0) is 16.4. The Kier molecular flexibility index (Phi) is 3.97. The molecule has 1 unspecified atom stereocenters. The molecule has 2 heterocycles. The Morgan fingerprint density at radius 2 is 2.04 bits per heavy atom. The van der Waals surface area contributed by atoms with Crippen LogP contribution in [-0.2, 0) is 4.79 Å². The number of benzene rings is 1. The molecule has 6 heteroatoms. The molecule has 0 radical (unpaired) electrons. The zero-order valence-corrected chi connectivity index (χ0v) is 12.9. The van der Waals surface area contributed by atoms with Crippen molar-refractivity contribution in [3.63, 3.8) is 0 Å². The summed E-state index contributed by atoms with van der Waals surface area (Å²) in [5.74, 6) is 0.0438. The summed E-state index contributed by atoms with van der Waals surface area (Å²) in [5.41, 5.74) is 1.97. The maximum absolute atomic E-state index is 12.8. The van der Waals surface area contributed by atoms with Gasteiger partial charge in [0.2, 0.25) is 0 Å². The van der Waals surface area contributed by atoms with E-state index in [4.69, 9.17) is 4.74 Å². The third-order valence-corrected chi connectivity index (χ3v) is 3.72. The van der Waals surface area contributed by atoms with E-state index >= 15 is 0 Å². The number of fused-ring (bicyclic) bond motifs is 1. The van der Waals surface area contributed by atoms with Crippen LogP contribution in [-0.4, -0.2) is 36.5 Å². The van der Waals surface area contributed by atoms with Crippen LogP contribution >= 0.6 is 0 Å². The molecule has 0 saturated heterocycles. The molecule has 0 spiro atoms. The Labute approximate surface area is 134 Å². The predicted molar refractivity (Wildman–Crippen MR) is 85.6 cm³/mol. The minimum Gasteiger partial charge on any atom is -0.477 e.